The number of aromatic nitrogens is 12. The summed E-state index contributed by atoms with van der Waals surface area (Å²) in [6.45, 7) is 0. The van der Waals surface area contributed by atoms with E-state index in [1.165, 1.54) is 81.8 Å². The minimum Gasteiger partial charge on any atom is -0.294 e. The predicted molar refractivity (Wildman–Crippen MR) is 575 cm³/mol. The molecule has 12 nitrogen and oxygen atoms in total. The first-order valence-electron chi connectivity index (χ1n) is 46.4. The maximum Gasteiger partial charge on any atom is 0.221 e. The van der Waals surface area contributed by atoms with Gasteiger partial charge in [0, 0.05) is 51.1 Å². The number of thiophene rings is 2. The van der Waals surface area contributed by atoms with Crippen molar-refractivity contribution in [2.45, 2.75) is 0 Å². The van der Waals surface area contributed by atoms with Crippen molar-refractivity contribution in [1.82, 2.24) is 56.4 Å². The average Bonchev–Trinajstić information content (AvgIpc) is 1.55. The monoisotopic (exact) mass is 1820 g/mol. The fourth-order valence-corrected chi connectivity index (χ4v) is 34.3. The standard InChI is InChI=1S/C121H76N12S2Si2/c1-5-29-83(30-6-1)136(84-31-7-2-8-32-84,89-63-67-113-95(75-89)92-38-14-27-51-111(92)134-113)87-59-53-77(54-60-87)81-71-115(125-116(72-81)131-108-48-24-21-45-105(108)128-102-43-19-16-40-97(102)122-119(128)131)127-100-42-18-13-37-91(100)94-69-79(57-65-101(94)127)80-58-66-104-99(70-80)124-121-130(104)107-47-23-26-50-110(107)133(121)118-74-82(73-117(126-118)132-109-49-25-22-46-106(109)129-103-44-20-17-41-98(103)123-120(129)132)78-55-61-88(62-56-78)137(85-33-9-3-10-34-85,86-35-11-4-12-36-86)90-64-68-114-96(76-90)93-39-15-28-52-112(93)135-114/h1-76H. The molecule has 0 radical (unpaired) electrons. The highest BCUT2D eigenvalue weighted by atomic mass is 32.1. The van der Waals surface area contributed by atoms with Gasteiger partial charge in [-0.2, -0.15) is 0 Å². The summed E-state index contributed by atoms with van der Waals surface area (Å²) in [6, 6.07) is 171. The number of hydrogen-bond donors (Lipinski definition) is 0. The highest BCUT2D eigenvalue weighted by Gasteiger charge is 2.44. The summed E-state index contributed by atoms with van der Waals surface area (Å²) in [4.78, 5) is 28.4. The van der Waals surface area contributed by atoms with E-state index in [1.54, 1.807) is 0 Å². The number of fused-ring (bicyclic) bond motifs is 24. The second-order valence-corrected chi connectivity index (χ2v) is 45.6. The molecule has 0 spiro atoms. The van der Waals surface area contributed by atoms with Crippen LogP contribution in [0, 0.1) is 0 Å². The molecule has 0 N–H and O–H groups in total. The molecule has 0 atom stereocenters. The van der Waals surface area contributed by atoms with E-state index in [0.29, 0.717) is 5.82 Å². The number of rotatable bonds is 15. The topological polar surface area (TPSA) is 97.4 Å². The van der Waals surface area contributed by atoms with E-state index in [1.807, 2.05) is 22.7 Å². The number of nitrogens with zero attached hydrogens (tertiary/aromatic N) is 12. The lowest BCUT2D eigenvalue weighted by Crippen LogP contribution is -2.74. The molecule has 640 valence electrons. The van der Waals surface area contributed by atoms with Gasteiger partial charge in [-0.05, 0) is 214 Å². The Morgan fingerprint density at radius 3 is 0.876 bits per heavy atom. The number of imidazole rings is 6. The maximum atomic E-state index is 5.89. The molecule has 0 aliphatic rings. The largest absolute Gasteiger partial charge is 0.294 e. The lowest BCUT2D eigenvalue weighted by atomic mass is 10.0. The zero-order chi connectivity index (χ0) is 89.7. The van der Waals surface area contributed by atoms with Gasteiger partial charge in [0.05, 0.1) is 77.2 Å². The van der Waals surface area contributed by atoms with E-state index in [4.69, 9.17) is 24.9 Å². The second-order valence-electron chi connectivity index (χ2n) is 35.9. The molecule has 18 aromatic carbocycles. The molecule has 0 saturated heterocycles. The second kappa shape index (κ2) is 30.1. The fourth-order valence-electron chi connectivity index (χ4n) is 22.7. The van der Waals surface area contributed by atoms with E-state index in [2.05, 4.69) is 493 Å². The van der Waals surface area contributed by atoms with Gasteiger partial charge in [-0.25, -0.2) is 24.9 Å². The van der Waals surface area contributed by atoms with Crippen molar-refractivity contribution in [1.29, 1.82) is 0 Å². The molecule has 0 aliphatic carbocycles. The minimum atomic E-state index is -3.04. The van der Waals surface area contributed by atoms with Crippen molar-refractivity contribution in [2.75, 3.05) is 0 Å². The zero-order valence-electron chi connectivity index (χ0n) is 73.6. The zero-order valence-corrected chi connectivity index (χ0v) is 77.2. The van der Waals surface area contributed by atoms with Gasteiger partial charge in [0.1, 0.15) is 23.3 Å². The van der Waals surface area contributed by atoms with Crippen LogP contribution in [0.5, 0.6) is 0 Å². The van der Waals surface area contributed by atoms with Crippen molar-refractivity contribution in [3.05, 3.63) is 461 Å². The Hall–Kier alpha value is -17.3. The molecule has 29 aromatic rings. The summed E-state index contributed by atoms with van der Waals surface area (Å²) in [7, 11) is -6.07. The normalized spacial score (nSPS) is 12.4. The van der Waals surface area contributed by atoms with E-state index in [-0.39, 0.29) is 0 Å². The van der Waals surface area contributed by atoms with Gasteiger partial charge in [-0.3, -0.25) is 31.5 Å². The number of benzene rings is 18. The minimum absolute atomic E-state index is 0.712. The van der Waals surface area contributed by atoms with Crippen LogP contribution >= 0.6 is 22.7 Å². The summed E-state index contributed by atoms with van der Waals surface area (Å²) in [5.41, 5.74) is 20.0. The summed E-state index contributed by atoms with van der Waals surface area (Å²) >= 11 is 3.73. The van der Waals surface area contributed by atoms with Crippen molar-refractivity contribution in [3.8, 4) is 56.7 Å². The molecule has 0 saturated carbocycles. The smallest absolute Gasteiger partial charge is 0.221 e. The number of hydrogen-bond acceptors (Lipinski definition) is 7. The van der Waals surface area contributed by atoms with Crippen molar-refractivity contribution < 1.29 is 0 Å². The average molecular weight is 1820 g/mol. The van der Waals surface area contributed by atoms with Crippen LogP contribution in [0.4, 0.5) is 0 Å². The Bertz CT molecular complexity index is 9940. The lowest BCUT2D eigenvalue weighted by molar-refractivity contribution is 0.983. The molecule has 29 rings (SSSR count). The fraction of sp³-hybridized carbons (Fsp3) is 0. The summed E-state index contributed by atoms with van der Waals surface area (Å²) in [5, 5.41) is 17.9. The van der Waals surface area contributed by atoms with Gasteiger partial charge in [-0.1, -0.05) is 322 Å². The molecule has 137 heavy (non-hydrogen) atoms. The van der Waals surface area contributed by atoms with Gasteiger partial charge >= 0.3 is 0 Å². The molecule has 0 aliphatic heterocycles. The third-order valence-corrected chi connectivity index (χ3v) is 40.5. The first kappa shape index (κ1) is 77.3. The van der Waals surface area contributed by atoms with Crippen LogP contribution in [0.25, 0.3) is 202 Å². The highest BCUT2D eigenvalue weighted by Crippen LogP contribution is 2.43. The molecule has 11 aromatic heterocycles. The van der Waals surface area contributed by atoms with Crippen LogP contribution in [0.3, 0.4) is 0 Å². The molecular formula is C121H76N12S2Si2. The third kappa shape index (κ3) is 11.5. The van der Waals surface area contributed by atoms with Crippen molar-refractivity contribution in [2.24, 2.45) is 0 Å². The summed E-state index contributed by atoms with van der Waals surface area (Å²) < 4.78 is 21.2. The Balaban J connectivity index is 0.590. The third-order valence-electron chi connectivity index (χ3n) is 28.7. The van der Waals surface area contributed by atoms with E-state index < -0.39 is 16.1 Å². The van der Waals surface area contributed by atoms with Gasteiger partial charge in [-0.15, -0.1) is 22.7 Å². The van der Waals surface area contributed by atoms with Gasteiger partial charge in [0.2, 0.25) is 17.3 Å². The molecule has 11 heterocycles. The molecule has 0 amide bonds. The summed E-state index contributed by atoms with van der Waals surface area (Å²) in [6.07, 6.45) is 0. The Labute approximate surface area is 794 Å². The van der Waals surface area contributed by atoms with Gasteiger partial charge in [0.25, 0.3) is 0 Å². The quantitative estimate of drug-likeness (QED) is 0.0752. The van der Waals surface area contributed by atoms with Crippen molar-refractivity contribution in [3.63, 3.8) is 0 Å². The SMILES string of the molecule is c1ccc([Si](c2ccccc2)(c2ccc(-c3cc(-n4c5ccccc5c5cc(-c6ccc7c(c6)nc6n(-c8cc(-c9ccc([Si](c%10ccccc%10)(c%10ccccc%10)c%10ccc%11sc%12ccccc%12c%11c%10)cc9)cc(-n9c%10ccccc%10n%10c%11ccccc%11nc9%10)n8)c8ccccc8n76)ccc54)nc(-n4c5ccccc5n5c6ccccc6nc45)c3)cc2)c2ccc3sc4ccccc4c3c2)cc1. The van der Waals surface area contributed by atoms with Crippen LogP contribution in [-0.2, 0) is 0 Å². The molecular weight excluding hydrogens is 1740 g/mol. The number of pyridine rings is 2. The predicted octanol–water partition coefficient (Wildman–Crippen LogP) is 24.3. The molecule has 16 heteroatoms. The van der Waals surface area contributed by atoms with Crippen LogP contribution in [0.2, 0.25) is 0 Å². The van der Waals surface area contributed by atoms with E-state index in [0.717, 1.165) is 156 Å². The van der Waals surface area contributed by atoms with Crippen molar-refractivity contribution >= 4 is 226 Å². The summed E-state index contributed by atoms with van der Waals surface area (Å²) in [5.74, 6) is 5.26. The van der Waals surface area contributed by atoms with Gasteiger partial charge < -0.3 is 0 Å². The Kier molecular flexibility index (Phi) is 17.0. The number of para-hydroxylation sites is 11. The van der Waals surface area contributed by atoms with E-state index >= 15 is 0 Å². The van der Waals surface area contributed by atoms with E-state index in [9.17, 15) is 0 Å². The molecule has 0 unspecified atom stereocenters. The lowest BCUT2D eigenvalue weighted by Gasteiger charge is -2.34. The van der Waals surface area contributed by atoms with Crippen LogP contribution in [0.15, 0.2) is 461 Å². The Morgan fingerprint density at radius 1 is 0.161 bits per heavy atom. The first-order chi connectivity index (χ1) is 67.9. The molecule has 0 fully saturated rings. The van der Waals surface area contributed by atoms with Crippen LogP contribution < -0.4 is 41.5 Å². The van der Waals surface area contributed by atoms with Gasteiger partial charge in [0.15, 0.2) is 16.1 Å². The maximum absolute atomic E-state index is 5.89. The van der Waals surface area contributed by atoms with Crippen LogP contribution in [0.1, 0.15) is 0 Å². The first-order valence-corrected chi connectivity index (χ1v) is 52.0. The highest BCUT2D eigenvalue weighted by molar-refractivity contribution is 7.26. The molecule has 0 bridgehead atoms. The van der Waals surface area contributed by atoms with Crippen LogP contribution in [-0.4, -0.2) is 72.5 Å². The Morgan fingerprint density at radius 2 is 0.453 bits per heavy atom.